The molecule has 0 radical (unpaired) electrons. The van der Waals surface area contributed by atoms with Gasteiger partial charge in [-0.1, -0.05) is 17.7 Å². The highest BCUT2D eigenvalue weighted by Crippen LogP contribution is 2.31. The van der Waals surface area contributed by atoms with E-state index in [1.165, 1.54) is 22.3 Å². The zero-order chi connectivity index (χ0) is 12.7. The van der Waals surface area contributed by atoms with E-state index in [9.17, 15) is 4.39 Å². The number of hydrogen-bond donors (Lipinski definition) is 1. The van der Waals surface area contributed by atoms with Gasteiger partial charge >= 0.3 is 0 Å². The molecule has 0 atom stereocenters. The third-order valence-electron chi connectivity index (χ3n) is 2.98. The molecule has 1 aromatic carbocycles. The lowest BCUT2D eigenvalue weighted by Gasteiger charge is -2.16. The molecule has 0 amide bonds. The van der Waals surface area contributed by atoms with E-state index in [0.29, 0.717) is 28.8 Å². The second-order valence-corrected chi connectivity index (χ2v) is 5.79. The van der Waals surface area contributed by atoms with Gasteiger partial charge < -0.3 is 5.73 Å². The lowest BCUT2D eigenvalue weighted by molar-refractivity contribution is 0.270. The molecule has 3 rings (SSSR count). The summed E-state index contributed by atoms with van der Waals surface area (Å²) in [5, 5.41) is 1.07. The molecule has 2 aromatic rings. The Morgan fingerprint density at radius 1 is 1.44 bits per heavy atom. The van der Waals surface area contributed by atoms with Crippen LogP contribution in [0.1, 0.15) is 16.1 Å². The first-order valence-electron chi connectivity index (χ1n) is 5.53. The van der Waals surface area contributed by atoms with Gasteiger partial charge in [0.05, 0.1) is 5.69 Å². The monoisotopic (exact) mass is 283 g/mol. The maximum Gasteiger partial charge on any atom is 0.180 e. The van der Waals surface area contributed by atoms with Crippen molar-refractivity contribution < 1.29 is 4.39 Å². The minimum atomic E-state index is -0.259. The van der Waals surface area contributed by atoms with Gasteiger partial charge in [0.2, 0.25) is 0 Å². The van der Waals surface area contributed by atoms with E-state index in [1.54, 1.807) is 12.1 Å². The molecule has 1 aliphatic heterocycles. The lowest BCUT2D eigenvalue weighted by Crippen LogP contribution is -2.17. The minimum absolute atomic E-state index is 0.259. The van der Waals surface area contributed by atoms with Crippen molar-refractivity contribution >= 4 is 28.1 Å². The van der Waals surface area contributed by atoms with Crippen LogP contribution in [0.3, 0.4) is 0 Å². The predicted molar refractivity (Wildman–Crippen MR) is 70.9 cm³/mol. The fourth-order valence-corrected chi connectivity index (χ4v) is 3.25. The molecular formula is C12H11ClFN3S. The number of nitrogens with two attached hydrogens (primary N) is 1. The van der Waals surface area contributed by atoms with E-state index in [2.05, 4.69) is 9.88 Å². The van der Waals surface area contributed by atoms with Crippen molar-refractivity contribution in [3.05, 3.63) is 45.2 Å². The summed E-state index contributed by atoms with van der Waals surface area (Å²) in [5.74, 6) is -0.259. The Bertz CT molecular complexity index is 555. The fourth-order valence-electron chi connectivity index (χ4n) is 2.14. The second kappa shape index (κ2) is 4.50. The van der Waals surface area contributed by atoms with Crippen molar-refractivity contribution in [3.8, 4) is 0 Å². The van der Waals surface area contributed by atoms with Gasteiger partial charge in [-0.25, -0.2) is 9.37 Å². The van der Waals surface area contributed by atoms with Gasteiger partial charge in [-0.2, -0.15) is 0 Å². The Labute approximate surface area is 113 Å². The summed E-state index contributed by atoms with van der Waals surface area (Å²) in [6.07, 6.45) is 0. The number of halogens is 2. The van der Waals surface area contributed by atoms with Crippen LogP contribution >= 0.6 is 22.9 Å². The maximum atomic E-state index is 13.7. The Hall–Kier alpha value is -1.17. The van der Waals surface area contributed by atoms with E-state index in [0.717, 1.165) is 12.2 Å². The summed E-state index contributed by atoms with van der Waals surface area (Å²) in [4.78, 5) is 7.53. The molecule has 6 heteroatoms. The van der Waals surface area contributed by atoms with Crippen molar-refractivity contribution in [2.45, 2.75) is 19.6 Å². The highest BCUT2D eigenvalue weighted by atomic mass is 35.5. The van der Waals surface area contributed by atoms with Crippen LogP contribution in [-0.4, -0.2) is 9.88 Å². The highest BCUT2D eigenvalue weighted by Gasteiger charge is 2.24. The summed E-state index contributed by atoms with van der Waals surface area (Å²) >= 11 is 7.52. The maximum absolute atomic E-state index is 13.7. The molecule has 2 heterocycles. The molecule has 0 saturated heterocycles. The van der Waals surface area contributed by atoms with Crippen LogP contribution in [0.25, 0.3) is 0 Å². The number of nitrogens with zero attached hydrogens (tertiary/aromatic N) is 2. The van der Waals surface area contributed by atoms with E-state index >= 15 is 0 Å². The molecule has 3 nitrogen and oxygen atoms in total. The first-order chi connectivity index (χ1) is 8.63. The number of nitrogen functional groups attached to an aromatic ring is 1. The number of thiazole rings is 1. The first kappa shape index (κ1) is 11.9. The summed E-state index contributed by atoms with van der Waals surface area (Å²) in [7, 11) is 0. The van der Waals surface area contributed by atoms with Crippen LogP contribution in [-0.2, 0) is 19.6 Å². The molecule has 0 unspecified atom stereocenters. The number of rotatable bonds is 2. The Morgan fingerprint density at radius 3 is 3.00 bits per heavy atom. The standard InChI is InChI=1S/C12H11ClFN3S/c13-8-2-1-3-9(14)7(8)4-17-5-10-11(6-17)18-12(15)16-10/h1-3H,4-6H2,(H2,15,16). The van der Waals surface area contributed by atoms with Gasteiger partial charge in [-0.05, 0) is 12.1 Å². The van der Waals surface area contributed by atoms with Crippen LogP contribution in [0.4, 0.5) is 9.52 Å². The third kappa shape index (κ3) is 2.09. The fraction of sp³-hybridized carbons (Fsp3) is 0.250. The van der Waals surface area contributed by atoms with E-state index in [4.69, 9.17) is 17.3 Å². The largest absolute Gasteiger partial charge is 0.375 e. The second-order valence-electron chi connectivity index (χ2n) is 4.27. The van der Waals surface area contributed by atoms with Crippen LogP contribution in [0.2, 0.25) is 5.02 Å². The topological polar surface area (TPSA) is 42.1 Å². The smallest absolute Gasteiger partial charge is 0.180 e. The third-order valence-corrected chi connectivity index (χ3v) is 4.24. The number of anilines is 1. The number of aromatic nitrogens is 1. The van der Waals surface area contributed by atoms with Crippen LogP contribution in [0.5, 0.6) is 0 Å². The molecule has 0 saturated carbocycles. The summed E-state index contributed by atoms with van der Waals surface area (Å²) in [6.45, 7) is 1.96. The minimum Gasteiger partial charge on any atom is -0.375 e. The van der Waals surface area contributed by atoms with E-state index < -0.39 is 0 Å². The Morgan fingerprint density at radius 2 is 2.28 bits per heavy atom. The Kier molecular flexibility index (Phi) is 2.97. The first-order valence-corrected chi connectivity index (χ1v) is 6.72. The Balaban J connectivity index is 1.78. The quantitative estimate of drug-likeness (QED) is 0.921. The molecule has 0 fully saturated rings. The van der Waals surface area contributed by atoms with Crippen molar-refractivity contribution in [1.82, 2.24) is 9.88 Å². The number of benzene rings is 1. The van der Waals surface area contributed by atoms with Crippen molar-refractivity contribution in [2.75, 3.05) is 5.73 Å². The van der Waals surface area contributed by atoms with Crippen LogP contribution in [0.15, 0.2) is 18.2 Å². The van der Waals surface area contributed by atoms with Gasteiger partial charge in [-0.15, -0.1) is 11.3 Å². The molecule has 2 N–H and O–H groups in total. The van der Waals surface area contributed by atoms with Crippen molar-refractivity contribution in [3.63, 3.8) is 0 Å². The van der Waals surface area contributed by atoms with Gasteiger partial charge in [0.1, 0.15) is 5.82 Å². The molecule has 18 heavy (non-hydrogen) atoms. The lowest BCUT2D eigenvalue weighted by atomic mass is 10.2. The van der Waals surface area contributed by atoms with E-state index in [-0.39, 0.29) is 5.82 Å². The zero-order valence-corrected chi connectivity index (χ0v) is 11.1. The molecule has 0 bridgehead atoms. The van der Waals surface area contributed by atoms with E-state index in [1.807, 2.05) is 0 Å². The van der Waals surface area contributed by atoms with Gasteiger partial charge in [0.25, 0.3) is 0 Å². The zero-order valence-electron chi connectivity index (χ0n) is 9.49. The molecule has 0 aliphatic carbocycles. The number of hydrogen-bond acceptors (Lipinski definition) is 4. The van der Waals surface area contributed by atoms with Gasteiger partial charge in [0, 0.05) is 35.1 Å². The number of fused-ring (bicyclic) bond motifs is 1. The van der Waals surface area contributed by atoms with Gasteiger partial charge in [-0.3, -0.25) is 4.90 Å². The summed E-state index contributed by atoms with van der Waals surface area (Å²) in [5.41, 5.74) is 7.19. The van der Waals surface area contributed by atoms with Crippen molar-refractivity contribution in [1.29, 1.82) is 0 Å². The SMILES string of the molecule is Nc1nc2c(s1)CN(Cc1c(F)cccc1Cl)C2. The van der Waals surface area contributed by atoms with Gasteiger partial charge in [0.15, 0.2) is 5.13 Å². The molecule has 1 aromatic heterocycles. The molecule has 0 spiro atoms. The summed E-state index contributed by atoms with van der Waals surface area (Å²) < 4.78 is 13.7. The normalized spacial score (nSPS) is 15.0. The average molecular weight is 284 g/mol. The summed E-state index contributed by atoms with van der Waals surface area (Å²) in [6, 6.07) is 4.76. The van der Waals surface area contributed by atoms with Crippen LogP contribution in [0, 0.1) is 5.82 Å². The van der Waals surface area contributed by atoms with Crippen molar-refractivity contribution in [2.24, 2.45) is 0 Å². The van der Waals surface area contributed by atoms with Crippen LogP contribution < -0.4 is 5.73 Å². The highest BCUT2D eigenvalue weighted by molar-refractivity contribution is 7.15. The molecule has 94 valence electrons. The molecular weight excluding hydrogens is 273 g/mol. The predicted octanol–water partition coefficient (Wildman–Crippen LogP) is 3.03. The average Bonchev–Trinajstić information content (AvgIpc) is 2.80. The molecule has 1 aliphatic rings.